The number of allylic oxidation sites excluding steroid dienone is 9. The van der Waals surface area contributed by atoms with Gasteiger partial charge in [0.1, 0.15) is 0 Å². The van der Waals surface area contributed by atoms with Crippen LogP contribution in [0.1, 0.15) is 13.3 Å². The van der Waals surface area contributed by atoms with Crippen LogP contribution in [-0.4, -0.2) is 0 Å². The zero-order valence-corrected chi connectivity index (χ0v) is 10.8. The Kier molecular flexibility index (Phi) is 7.65. The van der Waals surface area contributed by atoms with Gasteiger partial charge < -0.3 is 0 Å². The Bertz CT molecular complexity index is 327. The molecule has 15 heavy (non-hydrogen) atoms. The number of hydrogen-bond acceptors (Lipinski definition) is 0. The molecule has 0 saturated carbocycles. The number of rotatable bonds is 6. The van der Waals surface area contributed by atoms with E-state index in [-0.39, 0.29) is 0 Å². The van der Waals surface area contributed by atoms with Crippen LogP contribution >= 0.6 is 15.9 Å². The van der Waals surface area contributed by atoms with Gasteiger partial charge in [-0.2, -0.15) is 0 Å². The fourth-order valence-electron chi connectivity index (χ4n) is 0.980. The van der Waals surface area contributed by atoms with Gasteiger partial charge in [-0.1, -0.05) is 66.0 Å². The molecule has 0 aromatic carbocycles. The normalized spacial score (nSPS) is 12.9. The molecular weight excluding hydrogens is 248 g/mol. The summed E-state index contributed by atoms with van der Waals surface area (Å²) in [5.41, 5.74) is 2.14. The predicted molar refractivity (Wildman–Crippen MR) is 74.1 cm³/mol. The van der Waals surface area contributed by atoms with E-state index >= 15 is 0 Å². The first-order valence-corrected chi connectivity index (χ1v) is 5.55. The molecule has 0 aromatic rings. The van der Waals surface area contributed by atoms with Crippen LogP contribution in [0.2, 0.25) is 0 Å². The maximum absolute atomic E-state index is 4.01. The largest absolute Gasteiger partial charge is 0.0991 e. The molecule has 0 aliphatic carbocycles. The first kappa shape index (κ1) is 13.9. The maximum atomic E-state index is 4.01. The minimum Gasteiger partial charge on any atom is -0.0991 e. The van der Waals surface area contributed by atoms with E-state index in [1.807, 2.05) is 37.3 Å². The average Bonchev–Trinajstić information content (AvgIpc) is 2.24. The van der Waals surface area contributed by atoms with Crippen LogP contribution in [0, 0.1) is 0 Å². The molecule has 0 N–H and O–H groups in total. The third kappa shape index (κ3) is 6.08. The van der Waals surface area contributed by atoms with Crippen molar-refractivity contribution < 1.29 is 0 Å². The zero-order chi connectivity index (χ0) is 11.7. The van der Waals surface area contributed by atoms with Crippen molar-refractivity contribution in [2.24, 2.45) is 0 Å². The second-order valence-corrected chi connectivity index (χ2v) is 3.86. The molecule has 0 fully saturated rings. The van der Waals surface area contributed by atoms with Gasteiger partial charge in [0.25, 0.3) is 0 Å². The molecule has 0 atom stereocenters. The summed E-state index contributed by atoms with van der Waals surface area (Å²) in [5.74, 6) is 0. The fourth-order valence-corrected chi connectivity index (χ4v) is 1.27. The third-order valence-corrected chi connectivity index (χ3v) is 2.61. The van der Waals surface area contributed by atoms with Crippen LogP contribution in [0.25, 0.3) is 0 Å². The van der Waals surface area contributed by atoms with E-state index in [0.717, 1.165) is 22.0 Å². The fraction of sp³-hybridized carbons (Fsp3) is 0.143. The highest BCUT2D eigenvalue weighted by Gasteiger charge is 1.99. The Balaban J connectivity index is 4.54. The quantitative estimate of drug-likeness (QED) is 0.587. The summed E-state index contributed by atoms with van der Waals surface area (Å²) < 4.78 is 1.01. The maximum Gasteiger partial charge on any atom is 0.0204 e. The molecule has 0 unspecified atom stereocenters. The van der Waals surface area contributed by atoms with Crippen LogP contribution in [0.3, 0.4) is 0 Å². The lowest BCUT2D eigenvalue weighted by atomic mass is 10.1. The Morgan fingerprint density at radius 1 is 1.27 bits per heavy atom. The van der Waals surface area contributed by atoms with Gasteiger partial charge in [0.05, 0.1) is 0 Å². The smallest absolute Gasteiger partial charge is 0.0204 e. The predicted octanol–water partition coefficient (Wildman–Crippen LogP) is 5.09. The van der Waals surface area contributed by atoms with E-state index in [4.69, 9.17) is 0 Å². The lowest BCUT2D eigenvalue weighted by Gasteiger charge is -2.04. The van der Waals surface area contributed by atoms with Crippen molar-refractivity contribution in [3.8, 4) is 0 Å². The van der Waals surface area contributed by atoms with E-state index in [1.54, 1.807) is 6.08 Å². The minimum absolute atomic E-state index is 0.782. The van der Waals surface area contributed by atoms with Crippen molar-refractivity contribution in [3.63, 3.8) is 0 Å². The first-order valence-electron chi connectivity index (χ1n) is 4.76. The van der Waals surface area contributed by atoms with Gasteiger partial charge in [0.2, 0.25) is 0 Å². The lowest BCUT2D eigenvalue weighted by molar-refractivity contribution is 1.21. The van der Waals surface area contributed by atoms with E-state index < -0.39 is 0 Å². The average molecular weight is 265 g/mol. The molecule has 0 spiro atoms. The minimum atomic E-state index is 0.782. The van der Waals surface area contributed by atoms with Crippen molar-refractivity contribution in [1.82, 2.24) is 0 Å². The number of hydrogen-bond donors (Lipinski definition) is 0. The molecule has 1 heteroatoms. The number of halogens is 1. The monoisotopic (exact) mass is 264 g/mol. The van der Waals surface area contributed by atoms with E-state index in [2.05, 4.69) is 35.7 Å². The molecule has 0 radical (unpaired) electrons. The summed E-state index contributed by atoms with van der Waals surface area (Å²) in [4.78, 5) is 0. The van der Waals surface area contributed by atoms with Crippen LogP contribution in [0.15, 0.2) is 71.8 Å². The molecular formula is C14H17Br. The van der Waals surface area contributed by atoms with Gasteiger partial charge in [-0.25, -0.2) is 0 Å². The molecule has 0 aliphatic rings. The van der Waals surface area contributed by atoms with Crippen LogP contribution < -0.4 is 0 Å². The van der Waals surface area contributed by atoms with E-state index in [9.17, 15) is 0 Å². The zero-order valence-electron chi connectivity index (χ0n) is 9.17. The Labute approximate surface area is 101 Å². The molecule has 0 amide bonds. The standard InChI is InChI=1S/C14H17Br/c1-5-8-10-14(15)12(4)11-13(7-3)9-6-2/h5-10H,2-4,11H2,1H3/b8-5-,13-9+,14-10+. The van der Waals surface area contributed by atoms with Crippen molar-refractivity contribution in [3.05, 3.63) is 71.8 Å². The summed E-state index contributed by atoms with van der Waals surface area (Å²) in [6.07, 6.45) is 12.2. The van der Waals surface area contributed by atoms with Gasteiger partial charge in [0, 0.05) is 4.48 Å². The SMILES string of the molecule is C=C/C=C(\C=C)CC(=C)/C(Br)=C\C=C/C. The van der Waals surface area contributed by atoms with Gasteiger partial charge >= 0.3 is 0 Å². The summed E-state index contributed by atoms with van der Waals surface area (Å²) >= 11 is 3.48. The molecule has 0 saturated heterocycles. The summed E-state index contributed by atoms with van der Waals surface area (Å²) in [6.45, 7) is 13.4. The van der Waals surface area contributed by atoms with Gasteiger partial charge in [-0.15, -0.1) is 0 Å². The van der Waals surface area contributed by atoms with Crippen molar-refractivity contribution in [1.29, 1.82) is 0 Å². The topological polar surface area (TPSA) is 0 Å². The summed E-state index contributed by atoms with van der Waals surface area (Å²) in [6, 6.07) is 0. The van der Waals surface area contributed by atoms with Crippen LogP contribution in [0.5, 0.6) is 0 Å². The second kappa shape index (κ2) is 8.25. The lowest BCUT2D eigenvalue weighted by Crippen LogP contribution is -1.84. The molecule has 0 rings (SSSR count). The van der Waals surface area contributed by atoms with E-state index in [0.29, 0.717) is 0 Å². The van der Waals surface area contributed by atoms with Gasteiger partial charge in [-0.05, 0) is 30.6 Å². The highest BCUT2D eigenvalue weighted by atomic mass is 79.9. The molecule has 0 aliphatic heterocycles. The van der Waals surface area contributed by atoms with E-state index in [1.165, 1.54) is 0 Å². The third-order valence-electron chi connectivity index (χ3n) is 1.78. The van der Waals surface area contributed by atoms with Crippen molar-refractivity contribution >= 4 is 15.9 Å². The van der Waals surface area contributed by atoms with Gasteiger partial charge in [0.15, 0.2) is 0 Å². The first-order chi connectivity index (χ1) is 7.15. The Morgan fingerprint density at radius 3 is 2.40 bits per heavy atom. The van der Waals surface area contributed by atoms with Crippen LogP contribution in [-0.2, 0) is 0 Å². The van der Waals surface area contributed by atoms with Gasteiger partial charge in [-0.3, -0.25) is 0 Å². The summed E-state index contributed by atoms with van der Waals surface area (Å²) in [5, 5.41) is 0. The van der Waals surface area contributed by atoms with Crippen LogP contribution in [0.4, 0.5) is 0 Å². The second-order valence-electron chi connectivity index (χ2n) is 3.00. The molecule has 0 aromatic heterocycles. The highest BCUT2D eigenvalue weighted by molar-refractivity contribution is 9.12. The molecule has 0 nitrogen and oxygen atoms in total. The summed E-state index contributed by atoms with van der Waals surface area (Å²) in [7, 11) is 0. The molecule has 80 valence electrons. The molecule has 0 bridgehead atoms. The highest BCUT2D eigenvalue weighted by Crippen LogP contribution is 2.22. The Morgan fingerprint density at radius 2 is 1.93 bits per heavy atom. The Hall–Kier alpha value is -1.08. The van der Waals surface area contributed by atoms with Crippen molar-refractivity contribution in [2.75, 3.05) is 0 Å². The molecule has 0 heterocycles. The van der Waals surface area contributed by atoms with Crippen molar-refractivity contribution in [2.45, 2.75) is 13.3 Å².